The Balaban J connectivity index is 4.48. The average Bonchev–Trinajstić information content (AvgIpc) is 1.68. The van der Waals surface area contributed by atoms with Crippen LogP contribution < -0.4 is 0 Å². The van der Waals surface area contributed by atoms with Crippen LogP contribution in [-0.4, -0.2) is 0 Å². The van der Waals surface area contributed by atoms with Gasteiger partial charge in [-0.2, -0.15) is 0 Å². The van der Waals surface area contributed by atoms with Gasteiger partial charge in [0.05, 0.1) is 17.5 Å². The molecule has 0 heterocycles. The minimum Gasteiger partial charge on any atom is -0.658 e. The minimum atomic E-state index is 0.0648. The minimum absolute atomic E-state index is 0.0648. The molecule has 0 aliphatic carbocycles. The van der Waals surface area contributed by atoms with Gasteiger partial charge < -0.3 is 5.73 Å². The molecule has 8 heavy (non-hydrogen) atoms. The maximum Gasteiger partial charge on any atom is 0.106 e. The summed E-state index contributed by atoms with van der Waals surface area (Å²) in [6.45, 7) is 6.44. The Morgan fingerprint density at radius 1 is 1.50 bits per heavy atom. The molecule has 0 unspecified atom stereocenters. The van der Waals surface area contributed by atoms with Gasteiger partial charge in [0, 0.05) is 12.3 Å². The second kappa shape index (κ2) is 3.71. The standard InChI is InChI=1S/C7H5N/c1-3-5-7(8)6-4-2/h8H,1-2H2. The Morgan fingerprint density at radius 2 is 2.12 bits per heavy atom. The largest absolute Gasteiger partial charge is 0.658 e. The third-order valence-electron chi connectivity index (χ3n) is 0.427. The molecule has 0 aliphatic rings. The first-order valence-corrected chi connectivity index (χ1v) is 1.96. The third kappa shape index (κ3) is 2.75. The van der Waals surface area contributed by atoms with Gasteiger partial charge in [-0.05, 0) is 6.58 Å². The summed E-state index contributed by atoms with van der Waals surface area (Å²) in [5.74, 6) is 0. The summed E-state index contributed by atoms with van der Waals surface area (Å²) >= 11 is 0. The molecule has 0 radical (unpaired) electrons. The van der Waals surface area contributed by atoms with Crippen molar-refractivity contribution < 1.29 is 0 Å². The van der Waals surface area contributed by atoms with E-state index in [4.69, 9.17) is 5.73 Å². The topological polar surface area (TPSA) is 23.8 Å². The van der Waals surface area contributed by atoms with Gasteiger partial charge in [0.15, 0.2) is 0 Å². The van der Waals surface area contributed by atoms with Crippen LogP contribution in [0.25, 0.3) is 5.73 Å². The molecule has 0 aromatic rings. The zero-order chi connectivity index (χ0) is 6.41. The van der Waals surface area contributed by atoms with Crippen molar-refractivity contribution in [2.45, 2.75) is 0 Å². The summed E-state index contributed by atoms with van der Waals surface area (Å²) in [7, 11) is 0. The predicted molar refractivity (Wildman–Crippen MR) is 32.9 cm³/mol. The fraction of sp³-hybridized carbons (Fsp3) is 0. The Morgan fingerprint density at radius 3 is 2.50 bits per heavy atom. The number of rotatable bonds is 1. The Hall–Kier alpha value is -1.47. The Labute approximate surface area is 48.8 Å². The smallest absolute Gasteiger partial charge is 0.106 e. The van der Waals surface area contributed by atoms with Crippen molar-refractivity contribution >= 4 is 0 Å². The van der Waals surface area contributed by atoms with E-state index in [1.807, 2.05) is 0 Å². The lowest BCUT2D eigenvalue weighted by Crippen LogP contribution is -1.55. The van der Waals surface area contributed by atoms with Crippen LogP contribution in [0, 0.1) is 6.08 Å². The van der Waals surface area contributed by atoms with Gasteiger partial charge in [0.1, 0.15) is 5.70 Å². The van der Waals surface area contributed by atoms with Crippen molar-refractivity contribution in [3.05, 3.63) is 47.9 Å². The highest BCUT2D eigenvalue weighted by Crippen LogP contribution is 1.86. The van der Waals surface area contributed by atoms with E-state index in [0.717, 1.165) is 0 Å². The predicted octanol–water partition coefficient (Wildman–Crippen LogP) is 2.01. The van der Waals surface area contributed by atoms with E-state index in [9.17, 15) is 0 Å². The lowest BCUT2D eigenvalue weighted by atomic mass is 10.4. The Bertz CT molecular complexity index is 194. The van der Waals surface area contributed by atoms with Gasteiger partial charge in [0.2, 0.25) is 0 Å². The molecule has 38 valence electrons. The monoisotopic (exact) mass is 103 g/mol. The van der Waals surface area contributed by atoms with Crippen molar-refractivity contribution in [3.63, 3.8) is 0 Å². The van der Waals surface area contributed by atoms with Crippen LogP contribution in [-0.2, 0) is 0 Å². The first-order valence-electron chi connectivity index (χ1n) is 1.96. The van der Waals surface area contributed by atoms with Crippen molar-refractivity contribution in [2.24, 2.45) is 0 Å². The van der Waals surface area contributed by atoms with E-state index < -0.39 is 0 Å². The lowest BCUT2D eigenvalue weighted by Gasteiger charge is -1.77. The van der Waals surface area contributed by atoms with E-state index in [0.29, 0.717) is 0 Å². The van der Waals surface area contributed by atoms with Crippen molar-refractivity contribution in [1.29, 1.82) is 0 Å². The molecule has 0 atom stereocenters. The van der Waals surface area contributed by atoms with E-state index in [1.165, 1.54) is 0 Å². The first kappa shape index (κ1) is 6.53. The highest BCUT2D eigenvalue weighted by Gasteiger charge is 1.72. The SMILES string of the molecule is C=C=C=C([NH-])[C+]=C=C. The third-order valence-corrected chi connectivity index (χ3v) is 0.427. The molecule has 0 aromatic heterocycles. The maximum atomic E-state index is 6.86. The zero-order valence-electron chi connectivity index (χ0n) is 4.41. The molecule has 1 nitrogen and oxygen atoms in total. The molecule has 0 aromatic carbocycles. The molecule has 1 heteroatoms. The van der Waals surface area contributed by atoms with Crippen LogP contribution in [0.2, 0.25) is 0 Å². The van der Waals surface area contributed by atoms with Crippen LogP contribution in [0.4, 0.5) is 0 Å². The van der Waals surface area contributed by atoms with Gasteiger partial charge in [-0.25, -0.2) is 0 Å². The van der Waals surface area contributed by atoms with Crippen LogP contribution in [0.5, 0.6) is 0 Å². The molecular formula is C7H5N. The van der Waals surface area contributed by atoms with E-state index in [-0.39, 0.29) is 5.70 Å². The fourth-order valence-electron chi connectivity index (χ4n) is 0.208. The zero-order valence-corrected chi connectivity index (χ0v) is 4.41. The van der Waals surface area contributed by atoms with Crippen LogP contribution in [0.3, 0.4) is 0 Å². The quantitative estimate of drug-likeness (QED) is 0.275. The fourth-order valence-corrected chi connectivity index (χ4v) is 0.208. The summed E-state index contributed by atoms with van der Waals surface area (Å²) in [6, 6.07) is 0. The summed E-state index contributed by atoms with van der Waals surface area (Å²) in [5, 5.41) is 0. The molecule has 0 spiro atoms. The summed E-state index contributed by atoms with van der Waals surface area (Å²) < 4.78 is 0. The summed E-state index contributed by atoms with van der Waals surface area (Å²) in [4.78, 5) is 0. The van der Waals surface area contributed by atoms with Gasteiger partial charge in [-0.3, -0.25) is 0 Å². The molecule has 0 amide bonds. The molecule has 0 saturated heterocycles. The van der Waals surface area contributed by atoms with Gasteiger partial charge in [-0.15, -0.1) is 0 Å². The normalized spacial score (nSPS) is 5.00. The van der Waals surface area contributed by atoms with E-state index >= 15 is 0 Å². The molecule has 0 rings (SSSR count). The van der Waals surface area contributed by atoms with Gasteiger partial charge >= 0.3 is 0 Å². The first-order chi connectivity index (χ1) is 3.81. The molecular weight excluding hydrogens is 98.1 g/mol. The van der Waals surface area contributed by atoms with Gasteiger partial charge in [-0.1, -0.05) is 0 Å². The van der Waals surface area contributed by atoms with Crippen LogP contribution >= 0.6 is 0 Å². The molecule has 0 fully saturated rings. The van der Waals surface area contributed by atoms with Crippen molar-refractivity contribution in [3.8, 4) is 0 Å². The second-order valence-electron chi connectivity index (χ2n) is 0.979. The number of hydrogen-bond donors (Lipinski definition) is 0. The number of nitrogens with one attached hydrogen (secondary N) is 1. The Kier molecular flexibility index (Phi) is 3.03. The number of hydrogen-bond acceptors (Lipinski definition) is 0. The highest BCUT2D eigenvalue weighted by molar-refractivity contribution is 5.14. The van der Waals surface area contributed by atoms with E-state index in [2.05, 4.69) is 36.4 Å². The maximum absolute atomic E-state index is 6.86. The van der Waals surface area contributed by atoms with Gasteiger partial charge in [0.25, 0.3) is 0 Å². The molecule has 0 saturated carbocycles. The van der Waals surface area contributed by atoms with Crippen LogP contribution in [0.1, 0.15) is 0 Å². The molecule has 0 aliphatic heterocycles. The number of allylic oxidation sites excluding steroid dienone is 1. The molecule has 1 N–H and O–H groups in total. The lowest BCUT2D eigenvalue weighted by molar-refractivity contribution is 1.72. The molecule has 0 bridgehead atoms. The highest BCUT2D eigenvalue weighted by atomic mass is 14.5. The average molecular weight is 103 g/mol. The van der Waals surface area contributed by atoms with Crippen LogP contribution in [0.15, 0.2) is 36.0 Å². The second-order valence-corrected chi connectivity index (χ2v) is 0.979. The summed E-state index contributed by atoms with van der Waals surface area (Å²) in [5.41, 5.74) is 13.9. The van der Waals surface area contributed by atoms with E-state index in [1.54, 1.807) is 0 Å². The van der Waals surface area contributed by atoms with Crippen molar-refractivity contribution in [1.82, 2.24) is 0 Å². The summed E-state index contributed by atoms with van der Waals surface area (Å²) in [6.07, 6.45) is 2.36. The van der Waals surface area contributed by atoms with Crippen molar-refractivity contribution in [2.75, 3.05) is 0 Å².